The van der Waals surface area contributed by atoms with E-state index in [1.54, 1.807) is 24.3 Å². The Morgan fingerprint density at radius 2 is 2.14 bits per heavy atom. The number of aromatic amines is 1. The van der Waals surface area contributed by atoms with Gasteiger partial charge in [0.25, 0.3) is 5.56 Å². The predicted octanol–water partition coefficient (Wildman–Crippen LogP) is 2.80. The summed E-state index contributed by atoms with van der Waals surface area (Å²) >= 11 is 1.40. The van der Waals surface area contributed by atoms with E-state index < -0.39 is 0 Å². The molecule has 2 aromatic heterocycles. The molecule has 0 aliphatic heterocycles. The first-order valence-electron chi connectivity index (χ1n) is 7.02. The van der Waals surface area contributed by atoms with Gasteiger partial charge < -0.3 is 0 Å². The van der Waals surface area contributed by atoms with Crippen LogP contribution in [-0.4, -0.2) is 19.6 Å². The van der Waals surface area contributed by atoms with Crippen LogP contribution in [0.2, 0.25) is 0 Å². The highest BCUT2D eigenvalue weighted by Crippen LogP contribution is 2.23. The zero-order valence-corrected chi connectivity index (χ0v) is 12.9. The predicted molar refractivity (Wildman–Crippen MR) is 83.6 cm³/mol. The van der Waals surface area contributed by atoms with Crippen molar-refractivity contribution in [2.45, 2.75) is 30.7 Å². The molecule has 1 aromatic carbocycles. The van der Waals surface area contributed by atoms with Gasteiger partial charge in [0.05, 0.1) is 0 Å². The number of nitrogens with zero attached hydrogens (tertiary/aromatic N) is 3. The highest BCUT2D eigenvalue weighted by molar-refractivity contribution is 7.98. The molecule has 5 nitrogen and oxygen atoms in total. The van der Waals surface area contributed by atoms with E-state index in [-0.39, 0.29) is 11.4 Å². The van der Waals surface area contributed by atoms with Gasteiger partial charge in [-0.15, -0.1) is 10.2 Å². The van der Waals surface area contributed by atoms with Crippen LogP contribution in [0.25, 0.3) is 5.78 Å². The quantitative estimate of drug-likeness (QED) is 0.735. The van der Waals surface area contributed by atoms with Gasteiger partial charge >= 0.3 is 0 Å². The van der Waals surface area contributed by atoms with Crippen molar-refractivity contribution in [3.8, 4) is 0 Å². The van der Waals surface area contributed by atoms with Gasteiger partial charge in [-0.2, -0.15) is 0 Å². The summed E-state index contributed by atoms with van der Waals surface area (Å²) in [5.74, 6) is 0.649. The molecule has 2 heterocycles. The average molecular weight is 318 g/mol. The van der Waals surface area contributed by atoms with Crippen LogP contribution in [0.3, 0.4) is 0 Å². The van der Waals surface area contributed by atoms with E-state index in [1.165, 1.54) is 17.8 Å². The molecule has 0 atom stereocenters. The van der Waals surface area contributed by atoms with Gasteiger partial charge in [-0.1, -0.05) is 43.3 Å². The van der Waals surface area contributed by atoms with Crippen molar-refractivity contribution in [1.29, 1.82) is 0 Å². The number of halogens is 1. The molecule has 0 aliphatic carbocycles. The SMILES string of the molecule is CCCc1cc(=O)[nH]c2nnc(SCc3ccccc3F)n12. The summed E-state index contributed by atoms with van der Waals surface area (Å²) in [6, 6.07) is 8.23. The number of hydrogen-bond donors (Lipinski definition) is 1. The topological polar surface area (TPSA) is 63.0 Å². The smallest absolute Gasteiger partial charge is 0.252 e. The maximum absolute atomic E-state index is 13.7. The van der Waals surface area contributed by atoms with Gasteiger partial charge in [0.1, 0.15) is 5.82 Å². The van der Waals surface area contributed by atoms with Crippen LogP contribution in [0.1, 0.15) is 24.6 Å². The second-order valence-corrected chi connectivity index (χ2v) is 5.84. The average Bonchev–Trinajstić information content (AvgIpc) is 2.90. The molecule has 0 saturated heterocycles. The van der Waals surface area contributed by atoms with Crippen molar-refractivity contribution in [3.05, 3.63) is 57.8 Å². The van der Waals surface area contributed by atoms with Gasteiger partial charge in [0, 0.05) is 17.5 Å². The van der Waals surface area contributed by atoms with E-state index in [0.717, 1.165) is 18.5 Å². The van der Waals surface area contributed by atoms with Crippen LogP contribution in [0.15, 0.2) is 40.3 Å². The summed E-state index contributed by atoms with van der Waals surface area (Å²) in [5.41, 5.74) is 1.29. The van der Waals surface area contributed by atoms with Gasteiger partial charge in [0.15, 0.2) is 5.16 Å². The molecule has 22 heavy (non-hydrogen) atoms. The van der Waals surface area contributed by atoms with Crippen LogP contribution in [0, 0.1) is 5.82 Å². The maximum atomic E-state index is 13.7. The molecular formula is C15H15FN4OS. The van der Waals surface area contributed by atoms with Crippen LogP contribution < -0.4 is 5.56 Å². The molecule has 0 spiro atoms. The summed E-state index contributed by atoms with van der Waals surface area (Å²) in [4.78, 5) is 14.3. The summed E-state index contributed by atoms with van der Waals surface area (Å²) in [6.07, 6.45) is 1.67. The second-order valence-electron chi connectivity index (χ2n) is 4.90. The second kappa shape index (κ2) is 6.31. The summed E-state index contributed by atoms with van der Waals surface area (Å²) < 4.78 is 15.5. The Labute approximate surface area is 130 Å². The monoisotopic (exact) mass is 318 g/mol. The van der Waals surface area contributed by atoms with Crippen LogP contribution in [0.5, 0.6) is 0 Å². The van der Waals surface area contributed by atoms with E-state index >= 15 is 0 Å². The third kappa shape index (κ3) is 2.89. The van der Waals surface area contributed by atoms with Crippen molar-refractivity contribution >= 4 is 17.5 Å². The standard InChI is InChI=1S/C15H15FN4OS/c1-2-5-11-8-13(21)17-14-18-19-15(20(11)14)22-9-10-6-3-4-7-12(10)16/h3-4,6-8H,2,5,9H2,1H3,(H,17,18,21). The zero-order chi connectivity index (χ0) is 15.5. The fourth-order valence-corrected chi connectivity index (χ4v) is 3.21. The molecule has 3 rings (SSSR count). The first-order valence-corrected chi connectivity index (χ1v) is 8.01. The zero-order valence-electron chi connectivity index (χ0n) is 12.0. The Kier molecular flexibility index (Phi) is 4.24. The highest BCUT2D eigenvalue weighted by atomic mass is 32.2. The summed E-state index contributed by atoms with van der Waals surface area (Å²) in [7, 11) is 0. The van der Waals surface area contributed by atoms with Crippen molar-refractivity contribution in [2.24, 2.45) is 0 Å². The first kappa shape index (κ1) is 14.8. The van der Waals surface area contributed by atoms with Crippen molar-refractivity contribution < 1.29 is 4.39 Å². The number of benzene rings is 1. The number of thioether (sulfide) groups is 1. The van der Waals surface area contributed by atoms with Crippen LogP contribution >= 0.6 is 11.8 Å². The molecule has 0 fully saturated rings. The largest absolute Gasteiger partial charge is 0.291 e. The molecule has 114 valence electrons. The maximum Gasteiger partial charge on any atom is 0.252 e. The van der Waals surface area contributed by atoms with Gasteiger partial charge in [-0.25, -0.2) is 4.39 Å². The number of H-pyrrole nitrogens is 1. The normalized spacial score (nSPS) is 11.2. The molecule has 7 heteroatoms. The number of nitrogens with one attached hydrogen (secondary N) is 1. The van der Waals surface area contributed by atoms with Crippen LogP contribution in [0.4, 0.5) is 4.39 Å². The third-order valence-electron chi connectivity index (χ3n) is 3.27. The molecule has 0 amide bonds. The van der Waals surface area contributed by atoms with Crippen molar-refractivity contribution in [3.63, 3.8) is 0 Å². The Hall–Kier alpha value is -2.15. The minimum Gasteiger partial charge on any atom is -0.291 e. The molecule has 1 N–H and O–H groups in total. The number of fused-ring (bicyclic) bond motifs is 1. The van der Waals surface area contributed by atoms with Crippen molar-refractivity contribution in [2.75, 3.05) is 0 Å². The van der Waals surface area contributed by atoms with E-state index in [4.69, 9.17) is 0 Å². The van der Waals surface area contributed by atoms with E-state index in [9.17, 15) is 9.18 Å². The molecule has 0 unspecified atom stereocenters. The lowest BCUT2D eigenvalue weighted by molar-refractivity contribution is 0.617. The molecule has 0 radical (unpaired) electrons. The van der Waals surface area contributed by atoms with E-state index in [1.807, 2.05) is 11.3 Å². The Morgan fingerprint density at radius 1 is 1.32 bits per heavy atom. The molecule has 0 aliphatic rings. The Bertz CT molecular complexity index is 858. The molecule has 0 saturated carbocycles. The van der Waals surface area contributed by atoms with Gasteiger partial charge in [-0.05, 0) is 18.1 Å². The lowest BCUT2D eigenvalue weighted by Gasteiger charge is -2.06. The van der Waals surface area contributed by atoms with Gasteiger partial charge in [-0.3, -0.25) is 14.2 Å². The Morgan fingerprint density at radius 3 is 2.91 bits per heavy atom. The van der Waals surface area contributed by atoms with Crippen molar-refractivity contribution in [1.82, 2.24) is 19.6 Å². The minimum atomic E-state index is -0.231. The molecule has 3 aromatic rings. The fraction of sp³-hybridized carbons (Fsp3) is 0.267. The fourth-order valence-electron chi connectivity index (χ4n) is 2.26. The van der Waals surface area contributed by atoms with E-state index in [2.05, 4.69) is 15.2 Å². The first-order chi connectivity index (χ1) is 10.7. The summed E-state index contributed by atoms with van der Waals surface area (Å²) in [5, 5.41) is 8.76. The van der Waals surface area contributed by atoms with E-state index in [0.29, 0.717) is 22.3 Å². The minimum absolute atomic E-state index is 0.186. The Balaban J connectivity index is 1.94. The highest BCUT2D eigenvalue weighted by Gasteiger charge is 2.12. The number of aryl methyl sites for hydroxylation is 1. The summed E-state index contributed by atoms with van der Waals surface area (Å²) in [6.45, 7) is 2.05. The number of aromatic nitrogens is 4. The van der Waals surface area contributed by atoms with Gasteiger partial charge in [0.2, 0.25) is 5.78 Å². The number of rotatable bonds is 5. The lowest BCUT2D eigenvalue weighted by Crippen LogP contribution is -2.11. The lowest BCUT2D eigenvalue weighted by atomic mass is 10.2. The molecule has 0 bridgehead atoms. The third-order valence-corrected chi connectivity index (χ3v) is 4.25. The number of hydrogen-bond acceptors (Lipinski definition) is 4. The van der Waals surface area contributed by atoms with Crippen LogP contribution in [-0.2, 0) is 12.2 Å². The molecular weight excluding hydrogens is 303 g/mol.